The van der Waals surface area contributed by atoms with Gasteiger partial charge in [-0.3, -0.25) is 0 Å². The molecule has 0 aromatic carbocycles. The average molecular weight is 258 g/mol. The van der Waals surface area contributed by atoms with Crippen molar-refractivity contribution in [1.29, 1.82) is 0 Å². The van der Waals surface area contributed by atoms with E-state index in [1.165, 1.54) is 0 Å². The Morgan fingerprint density at radius 1 is 1.17 bits per heavy atom. The molecule has 1 aliphatic carbocycles. The van der Waals surface area contributed by atoms with Gasteiger partial charge in [0.15, 0.2) is 0 Å². The van der Waals surface area contributed by atoms with Crippen molar-refractivity contribution in [2.75, 3.05) is 6.54 Å². The molecule has 18 heavy (non-hydrogen) atoms. The second-order valence-electron chi connectivity index (χ2n) is 6.37. The molecule has 0 spiro atoms. The number of rotatable bonds is 3. The van der Waals surface area contributed by atoms with Crippen molar-refractivity contribution >= 4 is 12.2 Å². The van der Waals surface area contributed by atoms with Gasteiger partial charge in [-0.15, -0.1) is 0 Å². The van der Waals surface area contributed by atoms with E-state index in [-0.39, 0.29) is 16.9 Å². The van der Waals surface area contributed by atoms with Gasteiger partial charge in [0.05, 0.1) is 0 Å². The third-order valence-corrected chi connectivity index (χ3v) is 3.44. The first-order valence-electron chi connectivity index (χ1n) is 6.08. The lowest BCUT2D eigenvalue weighted by atomic mass is 9.62. The summed E-state index contributed by atoms with van der Waals surface area (Å²) in [5, 5.41) is 22.4. The minimum atomic E-state index is -1.04. The molecule has 0 radical (unpaired) electrons. The maximum atomic E-state index is 10.7. The summed E-state index contributed by atoms with van der Waals surface area (Å²) in [4.78, 5) is 21.3. The molecule has 0 aliphatic heterocycles. The van der Waals surface area contributed by atoms with Gasteiger partial charge in [-0.05, 0) is 30.1 Å². The fourth-order valence-electron chi connectivity index (χ4n) is 3.33. The van der Waals surface area contributed by atoms with Crippen LogP contribution < -0.4 is 10.6 Å². The molecular formula is C12H22N2O4. The summed E-state index contributed by atoms with van der Waals surface area (Å²) in [5.74, 6) is 0. The van der Waals surface area contributed by atoms with Crippen molar-refractivity contribution in [3.05, 3.63) is 0 Å². The van der Waals surface area contributed by atoms with Crippen molar-refractivity contribution in [3.8, 4) is 0 Å². The van der Waals surface area contributed by atoms with Crippen LogP contribution in [-0.2, 0) is 0 Å². The molecule has 1 rings (SSSR count). The minimum absolute atomic E-state index is 0.000298. The lowest BCUT2D eigenvalue weighted by Gasteiger charge is -2.46. The van der Waals surface area contributed by atoms with Crippen molar-refractivity contribution in [1.82, 2.24) is 10.6 Å². The van der Waals surface area contributed by atoms with E-state index >= 15 is 0 Å². The first-order valence-corrected chi connectivity index (χ1v) is 6.08. The molecule has 6 heteroatoms. The molecule has 0 heterocycles. The third-order valence-electron chi connectivity index (χ3n) is 3.44. The van der Waals surface area contributed by atoms with E-state index in [1.807, 2.05) is 6.92 Å². The van der Waals surface area contributed by atoms with Gasteiger partial charge >= 0.3 is 12.2 Å². The number of carboxylic acid groups (broad SMARTS) is 2. The van der Waals surface area contributed by atoms with Crippen LogP contribution in [0.4, 0.5) is 9.59 Å². The largest absolute Gasteiger partial charge is 0.465 e. The summed E-state index contributed by atoms with van der Waals surface area (Å²) in [6, 6.07) is -0.119. The fourth-order valence-corrected chi connectivity index (χ4v) is 3.33. The molecule has 6 nitrogen and oxygen atoms in total. The molecule has 0 aromatic rings. The molecule has 0 bridgehead atoms. The summed E-state index contributed by atoms with van der Waals surface area (Å²) in [5.41, 5.74) is -0.215. The average Bonchev–Trinajstić information content (AvgIpc) is 2.10. The zero-order chi connectivity index (χ0) is 14.0. The highest BCUT2D eigenvalue weighted by molar-refractivity contribution is 5.65. The standard InChI is InChI=1S/C12H22N2O4/c1-11(2)4-8(14-10(17)18)5-12(3,6-11)7-13-9(15)16/h8,13-14H,4-7H2,1-3H3,(H,15,16)(H,17,18). The van der Waals surface area contributed by atoms with Gasteiger partial charge in [-0.1, -0.05) is 20.8 Å². The van der Waals surface area contributed by atoms with Gasteiger partial charge in [-0.25, -0.2) is 9.59 Å². The molecule has 1 saturated carbocycles. The van der Waals surface area contributed by atoms with Crippen LogP contribution in [0.2, 0.25) is 0 Å². The highest BCUT2D eigenvalue weighted by Gasteiger charge is 2.41. The second-order valence-corrected chi connectivity index (χ2v) is 6.37. The Hall–Kier alpha value is -1.46. The smallest absolute Gasteiger partial charge is 0.404 e. The lowest BCUT2D eigenvalue weighted by Crippen LogP contribution is -2.50. The Bertz CT molecular complexity index is 343. The molecule has 1 fully saturated rings. The molecule has 2 atom stereocenters. The summed E-state index contributed by atoms with van der Waals surface area (Å²) < 4.78 is 0. The van der Waals surface area contributed by atoms with Crippen LogP contribution in [0, 0.1) is 10.8 Å². The lowest BCUT2D eigenvalue weighted by molar-refractivity contribution is 0.0691. The highest BCUT2D eigenvalue weighted by Crippen LogP contribution is 2.45. The van der Waals surface area contributed by atoms with Crippen molar-refractivity contribution in [2.24, 2.45) is 10.8 Å². The molecule has 1 aliphatic rings. The van der Waals surface area contributed by atoms with Crippen LogP contribution in [0.1, 0.15) is 40.0 Å². The Kier molecular flexibility index (Phi) is 4.09. The van der Waals surface area contributed by atoms with Crippen molar-refractivity contribution < 1.29 is 19.8 Å². The maximum absolute atomic E-state index is 10.7. The predicted molar refractivity (Wildman–Crippen MR) is 66.7 cm³/mol. The first kappa shape index (κ1) is 14.6. The molecule has 0 saturated heterocycles. The Balaban J connectivity index is 2.72. The molecule has 2 amide bonds. The number of nitrogens with one attached hydrogen (secondary N) is 2. The first-order chi connectivity index (χ1) is 8.12. The number of hydrogen-bond acceptors (Lipinski definition) is 2. The van der Waals surface area contributed by atoms with E-state index in [4.69, 9.17) is 10.2 Å². The SMILES string of the molecule is CC1(C)CC(NC(=O)O)CC(C)(CNC(=O)O)C1. The summed E-state index contributed by atoms with van der Waals surface area (Å²) in [7, 11) is 0. The van der Waals surface area contributed by atoms with E-state index in [2.05, 4.69) is 24.5 Å². The van der Waals surface area contributed by atoms with Crippen LogP contribution in [0.3, 0.4) is 0 Å². The Morgan fingerprint density at radius 2 is 1.78 bits per heavy atom. The second kappa shape index (κ2) is 5.04. The van der Waals surface area contributed by atoms with Crippen molar-refractivity contribution in [3.63, 3.8) is 0 Å². The van der Waals surface area contributed by atoms with Crippen LogP contribution in [0.25, 0.3) is 0 Å². The van der Waals surface area contributed by atoms with Gasteiger partial charge in [0.2, 0.25) is 0 Å². The Labute approximate surface area is 107 Å². The van der Waals surface area contributed by atoms with Gasteiger partial charge in [0.25, 0.3) is 0 Å². The summed E-state index contributed by atoms with van der Waals surface area (Å²) in [6.45, 7) is 6.52. The summed E-state index contributed by atoms with van der Waals surface area (Å²) >= 11 is 0. The number of carbonyl (C=O) groups is 2. The van der Waals surface area contributed by atoms with Gasteiger partial charge in [-0.2, -0.15) is 0 Å². The molecule has 2 unspecified atom stereocenters. The number of hydrogen-bond donors (Lipinski definition) is 4. The quantitative estimate of drug-likeness (QED) is 0.623. The van der Waals surface area contributed by atoms with Crippen LogP contribution >= 0.6 is 0 Å². The topological polar surface area (TPSA) is 98.7 Å². The third kappa shape index (κ3) is 4.43. The highest BCUT2D eigenvalue weighted by atomic mass is 16.4. The zero-order valence-electron chi connectivity index (χ0n) is 11.1. The van der Waals surface area contributed by atoms with Gasteiger partial charge < -0.3 is 20.8 Å². The van der Waals surface area contributed by atoms with E-state index in [0.717, 1.165) is 12.8 Å². The van der Waals surface area contributed by atoms with Gasteiger partial charge in [0.1, 0.15) is 0 Å². The Morgan fingerprint density at radius 3 is 2.28 bits per heavy atom. The van der Waals surface area contributed by atoms with Crippen LogP contribution in [0.5, 0.6) is 0 Å². The van der Waals surface area contributed by atoms with Crippen LogP contribution in [-0.4, -0.2) is 35.0 Å². The normalized spacial score (nSPS) is 30.5. The van der Waals surface area contributed by atoms with Crippen molar-refractivity contribution in [2.45, 2.75) is 46.1 Å². The van der Waals surface area contributed by atoms with Crippen LogP contribution in [0.15, 0.2) is 0 Å². The summed E-state index contributed by atoms with van der Waals surface area (Å²) in [6.07, 6.45) is 0.247. The van der Waals surface area contributed by atoms with E-state index in [9.17, 15) is 9.59 Å². The zero-order valence-corrected chi connectivity index (χ0v) is 11.1. The molecule has 104 valence electrons. The molecule has 0 aromatic heterocycles. The van der Waals surface area contributed by atoms with E-state index < -0.39 is 12.2 Å². The van der Waals surface area contributed by atoms with E-state index in [0.29, 0.717) is 13.0 Å². The predicted octanol–water partition coefficient (Wildman–Crippen LogP) is 2.11. The maximum Gasteiger partial charge on any atom is 0.404 e. The fraction of sp³-hybridized carbons (Fsp3) is 0.833. The van der Waals surface area contributed by atoms with Gasteiger partial charge in [0, 0.05) is 12.6 Å². The monoisotopic (exact) mass is 258 g/mol. The number of amides is 2. The molecule has 4 N–H and O–H groups in total. The van der Waals surface area contributed by atoms with E-state index in [1.54, 1.807) is 0 Å². The molecular weight excluding hydrogens is 236 g/mol. The minimum Gasteiger partial charge on any atom is -0.465 e.